The fourth-order valence-electron chi connectivity index (χ4n) is 1.78. The van der Waals surface area contributed by atoms with Crippen molar-refractivity contribution in [2.24, 2.45) is 0 Å². The Morgan fingerprint density at radius 1 is 1.06 bits per heavy atom. The Hall–Kier alpha value is -0.490. The van der Waals surface area contributed by atoms with Gasteiger partial charge < -0.3 is 0 Å². The first-order valence-electron chi connectivity index (χ1n) is 5.12. The van der Waals surface area contributed by atoms with Crippen LogP contribution < -0.4 is 0 Å². The Morgan fingerprint density at radius 2 is 1.89 bits per heavy atom. The van der Waals surface area contributed by atoms with Crippen molar-refractivity contribution < 1.29 is 4.79 Å². The van der Waals surface area contributed by atoms with E-state index in [1.165, 1.54) is 11.3 Å². The van der Waals surface area contributed by atoms with Crippen molar-refractivity contribution >= 4 is 70.4 Å². The maximum Gasteiger partial charge on any atom is 0.205 e. The average molecular weight is 402 g/mol. The highest BCUT2D eigenvalue weighted by Crippen LogP contribution is 2.35. The van der Waals surface area contributed by atoms with E-state index in [9.17, 15) is 4.79 Å². The second kappa shape index (κ2) is 4.89. The van der Waals surface area contributed by atoms with Gasteiger partial charge in [0.1, 0.15) is 0 Å². The van der Waals surface area contributed by atoms with E-state index in [1.807, 2.05) is 35.0 Å². The number of carbonyl (C=O) groups is 1. The summed E-state index contributed by atoms with van der Waals surface area (Å²) in [4.78, 5) is 13.2. The number of halogens is 2. The Labute approximate surface area is 129 Å². The molecule has 0 saturated heterocycles. The third kappa shape index (κ3) is 1.99. The number of carbonyl (C=O) groups excluding carboxylic acids is 1. The van der Waals surface area contributed by atoms with Crippen molar-refractivity contribution in [3.8, 4) is 0 Å². The van der Waals surface area contributed by atoms with E-state index in [0.717, 1.165) is 29.5 Å². The van der Waals surface area contributed by atoms with Crippen molar-refractivity contribution in [2.45, 2.75) is 0 Å². The van der Waals surface area contributed by atoms with Crippen LogP contribution in [0.5, 0.6) is 0 Å². The van der Waals surface area contributed by atoms with Gasteiger partial charge >= 0.3 is 0 Å². The lowest BCUT2D eigenvalue weighted by Crippen LogP contribution is -1.97. The van der Waals surface area contributed by atoms with Crippen LogP contribution in [-0.4, -0.2) is 5.78 Å². The Balaban J connectivity index is 2.19. The summed E-state index contributed by atoms with van der Waals surface area (Å²) in [6, 6.07) is 7.85. The minimum absolute atomic E-state index is 0.0845. The van der Waals surface area contributed by atoms with Gasteiger partial charge in [0.25, 0.3) is 0 Å². The number of thiophene rings is 2. The minimum atomic E-state index is 0.0845. The van der Waals surface area contributed by atoms with E-state index in [4.69, 9.17) is 0 Å². The van der Waals surface area contributed by atoms with Crippen LogP contribution in [0.3, 0.4) is 0 Å². The molecule has 1 aromatic carbocycles. The first-order valence-corrected chi connectivity index (χ1v) is 8.46. The lowest BCUT2D eigenvalue weighted by atomic mass is 10.1. The first-order chi connectivity index (χ1) is 8.68. The first kappa shape index (κ1) is 12.5. The summed E-state index contributed by atoms with van der Waals surface area (Å²) < 4.78 is 3.02. The molecular formula is C13H6Br2OS2. The predicted octanol–water partition coefficient (Wildman–Crippen LogP) is 5.72. The summed E-state index contributed by atoms with van der Waals surface area (Å²) in [6.45, 7) is 0. The zero-order chi connectivity index (χ0) is 12.7. The normalized spacial score (nSPS) is 11.0. The van der Waals surface area contributed by atoms with E-state index in [1.54, 1.807) is 11.3 Å². The molecule has 5 heteroatoms. The third-order valence-electron chi connectivity index (χ3n) is 2.62. The summed E-state index contributed by atoms with van der Waals surface area (Å²) in [5, 5.41) is 4.87. The molecule has 0 radical (unpaired) electrons. The van der Waals surface area contributed by atoms with Crippen LogP contribution in [0.4, 0.5) is 0 Å². The van der Waals surface area contributed by atoms with Gasteiger partial charge in [-0.1, -0.05) is 12.1 Å². The second-order valence-electron chi connectivity index (χ2n) is 3.69. The van der Waals surface area contributed by atoms with E-state index >= 15 is 0 Å². The van der Waals surface area contributed by atoms with Crippen molar-refractivity contribution in [2.75, 3.05) is 0 Å². The van der Waals surface area contributed by atoms with Gasteiger partial charge in [-0.15, -0.1) is 22.7 Å². The van der Waals surface area contributed by atoms with Crippen LogP contribution in [-0.2, 0) is 0 Å². The van der Waals surface area contributed by atoms with E-state index in [2.05, 4.69) is 31.9 Å². The Bertz CT molecular complexity index is 742. The summed E-state index contributed by atoms with van der Waals surface area (Å²) in [7, 11) is 0. The summed E-state index contributed by atoms with van der Waals surface area (Å²) >= 11 is 9.99. The van der Waals surface area contributed by atoms with Gasteiger partial charge in [-0.2, -0.15) is 0 Å². The van der Waals surface area contributed by atoms with Crippen LogP contribution in [0, 0.1) is 0 Å². The molecule has 0 atom stereocenters. The number of hydrogen-bond donors (Lipinski definition) is 0. The highest BCUT2D eigenvalue weighted by Gasteiger charge is 2.18. The second-order valence-corrected chi connectivity index (χ2v) is 7.20. The number of rotatable bonds is 2. The van der Waals surface area contributed by atoms with Crippen molar-refractivity contribution in [1.29, 1.82) is 0 Å². The van der Waals surface area contributed by atoms with Crippen LogP contribution in [0.1, 0.15) is 15.2 Å². The number of benzene rings is 1. The van der Waals surface area contributed by atoms with Gasteiger partial charge in [0.2, 0.25) is 5.78 Å². The molecule has 1 nitrogen and oxygen atoms in total. The molecule has 2 heterocycles. The zero-order valence-electron chi connectivity index (χ0n) is 8.94. The summed E-state index contributed by atoms with van der Waals surface area (Å²) in [6.07, 6.45) is 0. The molecule has 2 aromatic heterocycles. The molecule has 0 saturated carbocycles. The Kier molecular flexibility index (Phi) is 3.40. The molecule has 18 heavy (non-hydrogen) atoms. The number of fused-ring (bicyclic) bond motifs is 1. The average Bonchev–Trinajstić information content (AvgIpc) is 2.95. The quantitative estimate of drug-likeness (QED) is 0.502. The lowest BCUT2D eigenvalue weighted by molar-refractivity contribution is 0.104. The molecule has 3 aromatic rings. The molecule has 0 aliphatic heterocycles. The van der Waals surface area contributed by atoms with Crippen molar-refractivity contribution in [3.63, 3.8) is 0 Å². The molecule has 90 valence electrons. The van der Waals surface area contributed by atoms with Crippen LogP contribution in [0.25, 0.3) is 10.1 Å². The lowest BCUT2D eigenvalue weighted by Gasteiger charge is -1.98. The van der Waals surface area contributed by atoms with Gasteiger partial charge in [-0.25, -0.2) is 0 Å². The maximum atomic E-state index is 12.5. The smallest absolute Gasteiger partial charge is 0.205 e. The fraction of sp³-hybridized carbons (Fsp3) is 0. The summed E-state index contributed by atoms with van der Waals surface area (Å²) in [5.41, 5.74) is 0.777. The predicted molar refractivity (Wildman–Crippen MR) is 85.0 cm³/mol. The van der Waals surface area contributed by atoms with Gasteiger partial charge in [-0.3, -0.25) is 4.79 Å². The third-order valence-corrected chi connectivity index (χ3v) is 6.41. The van der Waals surface area contributed by atoms with Gasteiger partial charge in [0, 0.05) is 30.0 Å². The maximum absolute atomic E-state index is 12.5. The molecule has 0 aliphatic rings. The molecular weight excluding hydrogens is 396 g/mol. The molecule has 0 bridgehead atoms. The molecule has 0 aliphatic carbocycles. The topological polar surface area (TPSA) is 17.1 Å². The van der Waals surface area contributed by atoms with Crippen LogP contribution in [0.15, 0.2) is 44.0 Å². The van der Waals surface area contributed by atoms with Crippen LogP contribution in [0.2, 0.25) is 0 Å². The molecule has 0 N–H and O–H groups in total. The molecule has 0 spiro atoms. The van der Waals surface area contributed by atoms with E-state index in [-0.39, 0.29) is 5.78 Å². The van der Waals surface area contributed by atoms with E-state index < -0.39 is 0 Å². The fourth-order valence-corrected chi connectivity index (χ4v) is 4.88. The molecule has 3 rings (SSSR count). The van der Waals surface area contributed by atoms with Crippen molar-refractivity contribution in [3.05, 3.63) is 54.4 Å². The number of ketones is 1. The van der Waals surface area contributed by atoms with Gasteiger partial charge in [0.05, 0.1) is 4.88 Å². The monoisotopic (exact) mass is 400 g/mol. The highest BCUT2D eigenvalue weighted by molar-refractivity contribution is 9.11. The van der Waals surface area contributed by atoms with Gasteiger partial charge in [-0.05, 0) is 49.4 Å². The standard InChI is InChI=1S/C13H6Br2OS2/c14-9-3-1-2-7-8(6-18-12(7)9)11(16)13-10(15)4-5-17-13/h1-6H. The molecule has 0 fully saturated rings. The van der Waals surface area contributed by atoms with Crippen LogP contribution >= 0.6 is 54.5 Å². The van der Waals surface area contributed by atoms with Gasteiger partial charge in [0.15, 0.2) is 0 Å². The largest absolute Gasteiger partial charge is 0.288 e. The molecule has 0 amide bonds. The minimum Gasteiger partial charge on any atom is -0.288 e. The SMILES string of the molecule is O=C(c1sccc1Br)c1csc2c(Br)cccc12. The number of hydrogen-bond acceptors (Lipinski definition) is 3. The van der Waals surface area contributed by atoms with Crippen molar-refractivity contribution in [1.82, 2.24) is 0 Å². The molecule has 0 unspecified atom stereocenters. The highest BCUT2D eigenvalue weighted by atomic mass is 79.9. The Morgan fingerprint density at radius 3 is 2.61 bits per heavy atom. The van der Waals surface area contributed by atoms with E-state index in [0.29, 0.717) is 0 Å². The zero-order valence-corrected chi connectivity index (χ0v) is 13.7. The summed E-state index contributed by atoms with van der Waals surface area (Å²) in [5.74, 6) is 0.0845.